The fourth-order valence-corrected chi connectivity index (χ4v) is 2.72. The molecule has 0 aliphatic heterocycles. The van der Waals surface area contributed by atoms with Gasteiger partial charge in [-0.15, -0.1) is 0 Å². The van der Waals surface area contributed by atoms with Crippen molar-refractivity contribution < 1.29 is 5.11 Å². The van der Waals surface area contributed by atoms with Crippen LogP contribution in [0.25, 0.3) is 0 Å². The molecule has 2 atom stereocenters. The molecule has 0 saturated heterocycles. The van der Waals surface area contributed by atoms with Crippen molar-refractivity contribution in [3.63, 3.8) is 0 Å². The van der Waals surface area contributed by atoms with Crippen molar-refractivity contribution >= 4 is 0 Å². The molecule has 0 radical (unpaired) electrons. The van der Waals surface area contributed by atoms with Crippen LogP contribution < -0.4 is 5.32 Å². The molecule has 1 aliphatic rings. The molecule has 88 valence electrons. The number of aliphatic hydroxyl groups is 1. The molecule has 1 fully saturated rings. The SMILES string of the molecule is OCCNC1CCCC1Cc1ccccc1. The fourth-order valence-electron chi connectivity index (χ4n) is 2.72. The number of hydrogen-bond donors (Lipinski definition) is 2. The first kappa shape index (κ1) is 11.6. The molecule has 0 aromatic heterocycles. The second-order valence-electron chi connectivity index (χ2n) is 4.66. The van der Waals surface area contributed by atoms with Crippen LogP contribution in [0.2, 0.25) is 0 Å². The molecular weight excluding hydrogens is 198 g/mol. The van der Waals surface area contributed by atoms with Gasteiger partial charge in [0.05, 0.1) is 6.61 Å². The summed E-state index contributed by atoms with van der Waals surface area (Å²) >= 11 is 0. The topological polar surface area (TPSA) is 32.3 Å². The minimum absolute atomic E-state index is 0.245. The first-order valence-corrected chi connectivity index (χ1v) is 6.28. The van der Waals surface area contributed by atoms with Gasteiger partial charge in [-0.3, -0.25) is 0 Å². The van der Waals surface area contributed by atoms with E-state index in [9.17, 15) is 0 Å². The van der Waals surface area contributed by atoms with Crippen LogP contribution in [0.15, 0.2) is 30.3 Å². The Balaban J connectivity index is 1.88. The third-order valence-electron chi connectivity index (χ3n) is 3.52. The van der Waals surface area contributed by atoms with Crippen molar-refractivity contribution in [1.29, 1.82) is 0 Å². The van der Waals surface area contributed by atoms with E-state index in [-0.39, 0.29) is 6.61 Å². The van der Waals surface area contributed by atoms with Crippen molar-refractivity contribution in [3.8, 4) is 0 Å². The third-order valence-corrected chi connectivity index (χ3v) is 3.52. The minimum Gasteiger partial charge on any atom is -0.395 e. The Hall–Kier alpha value is -0.860. The number of hydrogen-bond acceptors (Lipinski definition) is 2. The second kappa shape index (κ2) is 6.02. The summed E-state index contributed by atoms with van der Waals surface area (Å²) in [6, 6.07) is 11.3. The average molecular weight is 219 g/mol. The average Bonchev–Trinajstić information content (AvgIpc) is 2.75. The number of aliphatic hydroxyl groups excluding tert-OH is 1. The molecule has 2 heteroatoms. The van der Waals surface area contributed by atoms with Crippen LogP contribution in [0, 0.1) is 5.92 Å². The lowest BCUT2D eigenvalue weighted by Crippen LogP contribution is -2.35. The summed E-state index contributed by atoms with van der Waals surface area (Å²) in [4.78, 5) is 0. The van der Waals surface area contributed by atoms with Crippen molar-refractivity contribution in [2.75, 3.05) is 13.2 Å². The molecule has 2 unspecified atom stereocenters. The van der Waals surface area contributed by atoms with Gasteiger partial charge < -0.3 is 10.4 Å². The molecule has 2 N–H and O–H groups in total. The van der Waals surface area contributed by atoms with Crippen LogP contribution in [0.3, 0.4) is 0 Å². The highest BCUT2D eigenvalue weighted by Crippen LogP contribution is 2.28. The number of benzene rings is 1. The van der Waals surface area contributed by atoms with Crippen LogP contribution >= 0.6 is 0 Å². The maximum absolute atomic E-state index is 8.84. The zero-order valence-corrected chi connectivity index (χ0v) is 9.73. The minimum atomic E-state index is 0.245. The van der Waals surface area contributed by atoms with E-state index < -0.39 is 0 Å². The predicted molar refractivity (Wildman–Crippen MR) is 66.4 cm³/mol. The fraction of sp³-hybridized carbons (Fsp3) is 0.571. The lowest BCUT2D eigenvalue weighted by molar-refractivity contribution is 0.274. The Morgan fingerprint density at radius 1 is 1.19 bits per heavy atom. The van der Waals surface area contributed by atoms with Crippen molar-refractivity contribution in [3.05, 3.63) is 35.9 Å². The summed E-state index contributed by atoms with van der Waals surface area (Å²) in [5.74, 6) is 0.744. The third kappa shape index (κ3) is 3.06. The van der Waals surface area contributed by atoms with Gasteiger partial charge in [0.15, 0.2) is 0 Å². The number of nitrogens with one attached hydrogen (secondary N) is 1. The molecule has 1 aliphatic carbocycles. The van der Waals surface area contributed by atoms with Crippen molar-refractivity contribution in [2.45, 2.75) is 31.7 Å². The van der Waals surface area contributed by atoms with Crippen LogP contribution in [0.1, 0.15) is 24.8 Å². The molecule has 16 heavy (non-hydrogen) atoms. The summed E-state index contributed by atoms with van der Waals surface area (Å²) < 4.78 is 0. The van der Waals surface area contributed by atoms with E-state index in [1.54, 1.807) is 0 Å². The summed E-state index contributed by atoms with van der Waals surface area (Å²) in [6.07, 6.45) is 5.07. The Labute approximate surface area is 97.7 Å². The Morgan fingerprint density at radius 2 is 2.00 bits per heavy atom. The van der Waals surface area contributed by atoms with Crippen molar-refractivity contribution in [2.24, 2.45) is 5.92 Å². The first-order chi connectivity index (χ1) is 7.90. The normalized spacial score (nSPS) is 24.8. The lowest BCUT2D eigenvalue weighted by atomic mass is 9.94. The zero-order valence-electron chi connectivity index (χ0n) is 9.73. The van der Waals surface area contributed by atoms with Crippen molar-refractivity contribution in [1.82, 2.24) is 5.32 Å². The highest BCUT2D eigenvalue weighted by molar-refractivity contribution is 5.16. The van der Waals surface area contributed by atoms with Gasteiger partial charge in [0, 0.05) is 12.6 Å². The quantitative estimate of drug-likeness (QED) is 0.793. The molecule has 2 rings (SSSR count). The molecule has 0 spiro atoms. The molecule has 1 aromatic rings. The Bertz CT molecular complexity index is 299. The first-order valence-electron chi connectivity index (χ1n) is 6.28. The highest BCUT2D eigenvalue weighted by Gasteiger charge is 2.26. The van der Waals surface area contributed by atoms with Gasteiger partial charge in [0.1, 0.15) is 0 Å². The smallest absolute Gasteiger partial charge is 0.0556 e. The van der Waals surface area contributed by atoms with Gasteiger partial charge >= 0.3 is 0 Å². The van der Waals surface area contributed by atoms with E-state index in [0.29, 0.717) is 6.04 Å². The van der Waals surface area contributed by atoms with Gasteiger partial charge in [-0.2, -0.15) is 0 Å². The summed E-state index contributed by atoms with van der Waals surface area (Å²) in [5, 5.41) is 12.3. The predicted octanol–water partition coefficient (Wildman–Crippen LogP) is 1.98. The molecular formula is C14H21NO. The van der Waals surface area contributed by atoms with Crippen LogP contribution in [-0.4, -0.2) is 24.3 Å². The molecule has 1 saturated carbocycles. The molecule has 1 aromatic carbocycles. The van der Waals surface area contributed by atoms with Crippen LogP contribution in [0.5, 0.6) is 0 Å². The standard InChI is InChI=1S/C14H21NO/c16-10-9-15-14-8-4-7-13(14)11-12-5-2-1-3-6-12/h1-3,5-6,13-16H,4,7-11H2. The monoisotopic (exact) mass is 219 g/mol. The van der Waals surface area contributed by atoms with E-state index in [4.69, 9.17) is 5.11 Å². The second-order valence-corrected chi connectivity index (χ2v) is 4.66. The lowest BCUT2D eigenvalue weighted by Gasteiger charge is -2.20. The molecule has 0 heterocycles. The maximum atomic E-state index is 8.84. The summed E-state index contributed by atoms with van der Waals surface area (Å²) in [6.45, 7) is 0.977. The Kier molecular flexibility index (Phi) is 4.37. The van der Waals surface area contributed by atoms with Crippen LogP contribution in [-0.2, 0) is 6.42 Å². The van der Waals surface area contributed by atoms with Gasteiger partial charge in [-0.1, -0.05) is 36.8 Å². The Morgan fingerprint density at radius 3 is 2.75 bits per heavy atom. The molecule has 2 nitrogen and oxygen atoms in total. The van der Waals surface area contributed by atoms with E-state index in [0.717, 1.165) is 12.5 Å². The van der Waals surface area contributed by atoms with Gasteiger partial charge in [-0.25, -0.2) is 0 Å². The van der Waals surface area contributed by atoms with Gasteiger partial charge in [0.25, 0.3) is 0 Å². The summed E-state index contributed by atoms with van der Waals surface area (Å²) in [5.41, 5.74) is 1.44. The zero-order chi connectivity index (χ0) is 11.2. The van der Waals surface area contributed by atoms with Gasteiger partial charge in [-0.05, 0) is 30.7 Å². The van der Waals surface area contributed by atoms with Crippen LogP contribution in [0.4, 0.5) is 0 Å². The largest absolute Gasteiger partial charge is 0.395 e. The summed E-state index contributed by atoms with van der Waals surface area (Å²) in [7, 11) is 0. The van der Waals surface area contributed by atoms with E-state index in [1.165, 1.54) is 31.2 Å². The maximum Gasteiger partial charge on any atom is 0.0556 e. The van der Waals surface area contributed by atoms with E-state index in [2.05, 4.69) is 35.6 Å². The van der Waals surface area contributed by atoms with E-state index >= 15 is 0 Å². The molecule has 0 bridgehead atoms. The number of rotatable bonds is 5. The molecule has 0 amide bonds. The highest BCUT2D eigenvalue weighted by atomic mass is 16.3. The van der Waals surface area contributed by atoms with E-state index in [1.807, 2.05) is 0 Å². The van der Waals surface area contributed by atoms with Gasteiger partial charge in [0.2, 0.25) is 0 Å².